The molecule has 0 radical (unpaired) electrons. The number of carbonyl (C=O) groups excluding carboxylic acids is 1. The summed E-state index contributed by atoms with van der Waals surface area (Å²) in [7, 11) is 1.57. The smallest absolute Gasteiger partial charge is 0.204 e. The number of methoxy groups -OCH3 is 1. The summed E-state index contributed by atoms with van der Waals surface area (Å²) in [5.41, 5.74) is 8.20. The fraction of sp³-hybridized carbons (Fsp3) is 0.286. The molecule has 0 fully saturated rings. The van der Waals surface area contributed by atoms with Gasteiger partial charge in [-0.15, -0.1) is 0 Å². The Bertz CT molecular complexity index is 888. The minimum Gasteiger partial charge on any atom is -0.492 e. The standard InChI is InChI=1S/C21H23NO5/c1-4-25-18-12-14(5-7-16(18)22)19(23)13(2)11-15-6-8-17-21(20(15)24-3)27-10-9-26-17/h5-8,11-12H,4,9-10,22H2,1-3H3. The second-order valence-electron chi connectivity index (χ2n) is 6.05. The van der Waals surface area contributed by atoms with Crippen LogP contribution in [0, 0.1) is 0 Å². The van der Waals surface area contributed by atoms with E-state index in [-0.39, 0.29) is 5.78 Å². The Labute approximate surface area is 158 Å². The first-order valence-corrected chi connectivity index (χ1v) is 8.77. The first-order chi connectivity index (χ1) is 13.0. The van der Waals surface area contributed by atoms with Crippen LogP contribution in [0.3, 0.4) is 0 Å². The van der Waals surface area contributed by atoms with Crippen molar-refractivity contribution in [3.05, 3.63) is 47.0 Å². The van der Waals surface area contributed by atoms with E-state index in [0.29, 0.717) is 59.6 Å². The van der Waals surface area contributed by atoms with Crippen molar-refractivity contribution in [3.63, 3.8) is 0 Å². The predicted molar refractivity (Wildman–Crippen MR) is 104 cm³/mol. The largest absolute Gasteiger partial charge is 0.492 e. The lowest BCUT2D eigenvalue weighted by Gasteiger charge is -2.21. The van der Waals surface area contributed by atoms with Crippen LogP contribution >= 0.6 is 0 Å². The van der Waals surface area contributed by atoms with Gasteiger partial charge in [0.25, 0.3) is 0 Å². The van der Waals surface area contributed by atoms with Crippen molar-refractivity contribution >= 4 is 17.5 Å². The molecule has 1 aliphatic heterocycles. The molecule has 6 heteroatoms. The van der Waals surface area contributed by atoms with E-state index in [1.54, 1.807) is 38.3 Å². The molecule has 27 heavy (non-hydrogen) atoms. The van der Waals surface area contributed by atoms with Crippen LogP contribution in [0.4, 0.5) is 5.69 Å². The molecule has 1 aliphatic rings. The van der Waals surface area contributed by atoms with Gasteiger partial charge >= 0.3 is 0 Å². The third kappa shape index (κ3) is 3.84. The fourth-order valence-corrected chi connectivity index (χ4v) is 2.91. The van der Waals surface area contributed by atoms with E-state index in [4.69, 9.17) is 24.7 Å². The van der Waals surface area contributed by atoms with Gasteiger partial charge in [-0.1, -0.05) is 0 Å². The zero-order valence-corrected chi connectivity index (χ0v) is 15.7. The predicted octanol–water partition coefficient (Wildman–Crippen LogP) is 3.73. The van der Waals surface area contributed by atoms with Crippen LogP contribution in [0.5, 0.6) is 23.0 Å². The maximum atomic E-state index is 12.8. The first-order valence-electron chi connectivity index (χ1n) is 8.77. The highest BCUT2D eigenvalue weighted by atomic mass is 16.6. The highest BCUT2D eigenvalue weighted by Crippen LogP contribution is 2.42. The van der Waals surface area contributed by atoms with E-state index in [0.717, 1.165) is 5.56 Å². The second-order valence-corrected chi connectivity index (χ2v) is 6.05. The summed E-state index contributed by atoms with van der Waals surface area (Å²) in [4.78, 5) is 12.8. The molecule has 0 amide bonds. The molecule has 2 N–H and O–H groups in total. The monoisotopic (exact) mass is 369 g/mol. The van der Waals surface area contributed by atoms with Crippen LogP contribution < -0.4 is 24.7 Å². The van der Waals surface area contributed by atoms with Gasteiger partial charge in [0.1, 0.15) is 19.0 Å². The van der Waals surface area contributed by atoms with E-state index in [1.807, 2.05) is 19.1 Å². The number of nitrogen functional groups attached to an aromatic ring is 1. The summed E-state index contributed by atoms with van der Waals surface area (Å²) in [6.45, 7) is 5.07. The zero-order chi connectivity index (χ0) is 19.4. The lowest BCUT2D eigenvalue weighted by atomic mass is 10.0. The van der Waals surface area contributed by atoms with Crippen LogP contribution in [0.25, 0.3) is 6.08 Å². The molecule has 0 aliphatic carbocycles. The van der Waals surface area contributed by atoms with E-state index in [2.05, 4.69) is 0 Å². The van der Waals surface area contributed by atoms with Crippen molar-refractivity contribution in [3.8, 4) is 23.0 Å². The molecule has 0 spiro atoms. The zero-order valence-electron chi connectivity index (χ0n) is 15.7. The van der Waals surface area contributed by atoms with Crippen molar-refractivity contribution in [2.45, 2.75) is 13.8 Å². The Kier molecular flexibility index (Phi) is 5.54. The molecular formula is C21H23NO5. The number of hydrogen-bond donors (Lipinski definition) is 1. The number of fused-ring (bicyclic) bond motifs is 1. The van der Waals surface area contributed by atoms with E-state index in [9.17, 15) is 4.79 Å². The number of ketones is 1. The number of Topliss-reactive ketones (excluding diaryl/α,β-unsaturated/α-hetero) is 1. The lowest BCUT2D eigenvalue weighted by Crippen LogP contribution is -2.16. The first kappa shape index (κ1) is 18.6. The van der Waals surface area contributed by atoms with Crippen molar-refractivity contribution in [1.82, 2.24) is 0 Å². The molecule has 0 saturated heterocycles. The second kappa shape index (κ2) is 8.03. The minimum absolute atomic E-state index is 0.118. The van der Waals surface area contributed by atoms with Crippen molar-refractivity contribution in [1.29, 1.82) is 0 Å². The summed E-state index contributed by atoms with van der Waals surface area (Å²) in [5, 5.41) is 0. The molecule has 0 bridgehead atoms. The van der Waals surface area contributed by atoms with Gasteiger partial charge in [0.15, 0.2) is 17.3 Å². The number of ether oxygens (including phenoxy) is 4. The van der Waals surface area contributed by atoms with Gasteiger partial charge < -0.3 is 24.7 Å². The summed E-state index contributed by atoms with van der Waals surface area (Å²) in [6.07, 6.45) is 1.77. The van der Waals surface area contributed by atoms with Crippen LogP contribution in [-0.4, -0.2) is 32.7 Å². The molecule has 0 saturated carbocycles. The number of hydrogen-bond acceptors (Lipinski definition) is 6. The SMILES string of the molecule is CCOc1cc(C(=O)C(C)=Cc2ccc3c(c2OC)OCCO3)ccc1N. The highest BCUT2D eigenvalue weighted by Gasteiger charge is 2.20. The van der Waals surface area contributed by atoms with Crippen molar-refractivity contribution < 1.29 is 23.7 Å². The maximum Gasteiger partial charge on any atom is 0.204 e. The van der Waals surface area contributed by atoms with Gasteiger partial charge in [-0.05, 0) is 55.8 Å². The molecule has 1 heterocycles. The summed E-state index contributed by atoms with van der Waals surface area (Å²) >= 11 is 0. The topological polar surface area (TPSA) is 80.0 Å². The molecule has 6 nitrogen and oxygen atoms in total. The van der Waals surface area contributed by atoms with Crippen LogP contribution in [-0.2, 0) is 0 Å². The number of rotatable bonds is 6. The highest BCUT2D eigenvalue weighted by molar-refractivity contribution is 6.11. The Hall–Kier alpha value is -3.15. The van der Waals surface area contributed by atoms with E-state index < -0.39 is 0 Å². The molecule has 3 rings (SSSR count). The van der Waals surface area contributed by atoms with Crippen molar-refractivity contribution in [2.24, 2.45) is 0 Å². The molecule has 0 aromatic heterocycles. The number of allylic oxidation sites excluding steroid dienone is 1. The average Bonchev–Trinajstić information content (AvgIpc) is 2.69. The van der Waals surface area contributed by atoms with Gasteiger partial charge in [-0.2, -0.15) is 0 Å². The Morgan fingerprint density at radius 2 is 2.00 bits per heavy atom. The Balaban J connectivity index is 1.93. The van der Waals surface area contributed by atoms with Crippen LogP contribution in [0.1, 0.15) is 29.8 Å². The van der Waals surface area contributed by atoms with Crippen molar-refractivity contribution in [2.75, 3.05) is 32.7 Å². The molecular weight excluding hydrogens is 346 g/mol. The Morgan fingerprint density at radius 1 is 1.22 bits per heavy atom. The number of nitrogens with two attached hydrogens (primary N) is 1. The van der Waals surface area contributed by atoms with E-state index in [1.165, 1.54) is 0 Å². The molecule has 2 aromatic carbocycles. The van der Waals surface area contributed by atoms with Crippen LogP contribution in [0.15, 0.2) is 35.9 Å². The third-order valence-corrected chi connectivity index (χ3v) is 4.20. The summed E-state index contributed by atoms with van der Waals surface area (Å²) in [5.74, 6) is 2.13. The third-order valence-electron chi connectivity index (χ3n) is 4.20. The van der Waals surface area contributed by atoms with Gasteiger partial charge in [-0.3, -0.25) is 4.79 Å². The molecule has 2 aromatic rings. The average molecular weight is 369 g/mol. The van der Waals surface area contributed by atoms with Gasteiger partial charge in [0.05, 0.1) is 19.4 Å². The summed E-state index contributed by atoms with van der Waals surface area (Å²) < 4.78 is 22.2. The van der Waals surface area contributed by atoms with Gasteiger partial charge in [-0.25, -0.2) is 0 Å². The number of anilines is 1. The minimum atomic E-state index is -0.118. The number of carbonyl (C=O) groups is 1. The normalized spacial score (nSPS) is 13.2. The Morgan fingerprint density at radius 3 is 2.74 bits per heavy atom. The lowest BCUT2D eigenvalue weighted by molar-refractivity contribution is 0.103. The molecule has 0 atom stereocenters. The molecule has 142 valence electrons. The summed E-state index contributed by atoms with van der Waals surface area (Å²) in [6, 6.07) is 8.70. The number of benzene rings is 2. The molecule has 0 unspecified atom stereocenters. The van der Waals surface area contributed by atoms with Gasteiger partial charge in [0.2, 0.25) is 5.75 Å². The fourth-order valence-electron chi connectivity index (χ4n) is 2.91. The van der Waals surface area contributed by atoms with Gasteiger partial charge in [0, 0.05) is 11.1 Å². The quantitative estimate of drug-likeness (QED) is 0.475. The maximum absolute atomic E-state index is 12.8. The van der Waals surface area contributed by atoms with E-state index >= 15 is 0 Å². The van der Waals surface area contributed by atoms with Crippen LogP contribution in [0.2, 0.25) is 0 Å².